The molecule has 0 fully saturated rings. The largest absolute Gasteiger partial charge is 0.497 e. The number of halogens is 2. The van der Waals surface area contributed by atoms with Gasteiger partial charge in [0.25, 0.3) is 0 Å². The summed E-state index contributed by atoms with van der Waals surface area (Å²) in [6.07, 6.45) is 0. The second-order valence-corrected chi connectivity index (χ2v) is 5.68. The summed E-state index contributed by atoms with van der Waals surface area (Å²) < 4.78 is 17.1. The average molecular weight is 522 g/mol. The minimum atomic E-state index is 0. The minimum absolute atomic E-state index is 0. The molecule has 2 rings (SSSR count). The number of guanidine groups is 1. The highest BCUT2D eigenvalue weighted by molar-refractivity contribution is 14.0. The zero-order valence-corrected chi connectivity index (χ0v) is 17.9. The van der Waals surface area contributed by atoms with E-state index in [4.69, 9.17) is 19.9 Å². The number of methoxy groups -OCH3 is 2. The number of hydrogen-bond acceptors (Lipinski definition) is 4. The molecule has 25 heavy (non-hydrogen) atoms. The molecule has 0 atom stereocenters. The van der Waals surface area contributed by atoms with E-state index in [1.807, 2.05) is 30.3 Å². The second-order valence-electron chi connectivity index (χ2n) is 4.76. The third-order valence-corrected chi connectivity index (χ3v) is 3.65. The smallest absolute Gasteiger partial charge is 0.193 e. The summed E-state index contributed by atoms with van der Waals surface area (Å²) in [6.45, 7) is 0.862. The van der Waals surface area contributed by atoms with Crippen LogP contribution in [0, 0.1) is 0 Å². The number of nitrogens with one attached hydrogen (secondary N) is 1. The molecule has 2 aromatic rings. The van der Waals surface area contributed by atoms with Crippen LogP contribution in [0.25, 0.3) is 0 Å². The van der Waals surface area contributed by atoms with Crippen LogP contribution in [-0.2, 0) is 0 Å². The molecular formula is C17H21BrIN3O3. The van der Waals surface area contributed by atoms with Gasteiger partial charge in [-0.1, -0.05) is 15.9 Å². The Morgan fingerprint density at radius 3 is 2.40 bits per heavy atom. The van der Waals surface area contributed by atoms with Crippen molar-refractivity contribution in [2.75, 3.05) is 32.7 Å². The molecule has 0 aliphatic rings. The van der Waals surface area contributed by atoms with Gasteiger partial charge in [-0.15, -0.1) is 24.0 Å². The number of anilines is 1. The fourth-order valence-electron chi connectivity index (χ4n) is 1.95. The van der Waals surface area contributed by atoms with Gasteiger partial charge in [-0.2, -0.15) is 0 Å². The van der Waals surface area contributed by atoms with Crippen LogP contribution in [0.4, 0.5) is 5.69 Å². The minimum Gasteiger partial charge on any atom is -0.497 e. The zero-order valence-electron chi connectivity index (χ0n) is 14.0. The topological polar surface area (TPSA) is 78.1 Å². The molecule has 0 bridgehead atoms. The van der Waals surface area contributed by atoms with Gasteiger partial charge >= 0.3 is 0 Å². The molecule has 0 aliphatic heterocycles. The van der Waals surface area contributed by atoms with Gasteiger partial charge in [-0.25, -0.2) is 4.99 Å². The summed E-state index contributed by atoms with van der Waals surface area (Å²) in [7, 11) is 3.19. The highest BCUT2D eigenvalue weighted by atomic mass is 127. The highest BCUT2D eigenvalue weighted by Gasteiger charge is 2.06. The molecule has 0 amide bonds. The quantitative estimate of drug-likeness (QED) is 0.250. The van der Waals surface area contributed by atoms with Crippen molar-refractivity contribution in [1.29, 1.82) is 0 Å². The SMILES string of the molecule is COc1ccc(OC)c(NC(N)=NCCOc2ccc(Br)cc2)c1.I. The van der Waals surface area contributed by atoms with Crippen LogP contribution in [-0.4, -0.2) is 33.3 Å². The van der Waals surface area contributed by atoms with E-state index >= 15 is 0 Å². The number of hydrogen-bond donors (Lipinski definition) is 2. The molecule has 0 radical (unpaired) electrons. The van der Waals surface area contributed by atoms with E-state index in [1.165, 1.54) is 0 Å². The molecule has 136 valence electrons. The van der Waals surface area contributed by atoms with Crippen molar-refractivity contribution in [3.8, 4) is 17.2 Å². The number of rotatable bonds is 7. The van der Waals surface area contributed by atoms with E-state index in [0.717, 1.165) is 10.2 Å². The molecule has 8 heteroatoms. The van der Waals surface area contributed by atoms with E-state index in [1.54, 1.807) is 26.4 Å². The van der Waals surface area contributed by atoms with Crippen molar-refractivity contribution in [3.05, 3.63) is 46.9 Å². The molecule has 0 saturated heterocycles. The van der Waals surface area contributed by atoms with E-state index in [0.29, 0.717) is 30.3 Å². The van der Waals surface area contributed by atoms with E-state index in [2.05, 4.69) is 26.2 Å². The Morgan fingerprint density at radius 1 is 1.08 bits per heavy atom. The maximum Gasteiger partial charge on any atom is 0.193 e. The molecule has 6 nitrogen and oxygen atoms in total. The molecule has 0 aliphatic carbocycles. The monoisotopic (exact) mass is 521 g/mol. The Balaban J connectivity index is 0.00000312. The number of nitrogens with zero attached hydrogens (tertiary/aromatic N) is 1. The third-order valence-electron chi connectivity index (χ3n) is 3.13. The Labute approximate surface area is 172 Å². The van der Waals surface area contributed by atoms with Crippen LogP contribution < -0.4 is 25.3 Å². The van der Waals surface area contributed by atoms with Crippen molar-refractivity contribution < 1.29 is 14.2 Å². The van der Waals surface area contributed by atoms with Gasteiger partial charge in [-0.05, 0) is 36.4 Å². The fraction of sp³-hybridized carbons (Fsp3) is 0.235. The number of benzene rings is 2. The molecule has 3 N–H and O–H groups in total. The predicted molar refractivity (Wildman–Crippen MR) is 115 cm³/mol. The van der Waals surface area contributed by atoms with Gasteiger partial charge in [-0.3, -0.25) is 0 Å². The van der Waals surface area contributed by atoms with Crippen molar-refractivity contribution in [2.24, 2.45) is 10.7 Å². The molecule has 0 aromatic heterocycles. The first-order valence-electron chi connectivity index (χ1n) is 7.29. The average Bonchev–Trinajstić information content (AvgIpc) is 2.60. The molecule has 0 saturated carbocycles. The lowest BCUT2D eigenvalue weighted by atomic mass is 10.2. The fourth-order valence-corrected chi connectivity index (χ4v) is 2.21. The van der Waals surface area contributed by atoms with Crippen molar-refractivity contribution in [3.63, 3.8) is 0 Å². The number of ether oxygens (including phenoxy) is 3. The first-order chi connectivity index (χ1) is 11.6. The Bertz CT molecular complexity index is 696. The second kappa shape index (κ2) is 11.0. The van der Waals surface area contributed by atoms with Crippen LogP contribution in [0.15, 0.2) is 51.9 Å². The van der Waals surface area contributed by atoms with Crippen LogP contribution in [0.3, 0.4) is 0 Å². The zero-order chi connectivity index (χ0) is 17.4. The number of aliphatic imine (C=N–C) groups is 1. The van der Waals surface area contributed by atoms with Crippen LogP contribution in [0.1, 0.15) is 0 Å². The lowest BCUT2D eigenvalue weighted by Gasteiger charge is -2.12. The lowest BCUT2D eigenvalue weighted by molar-refractivity contribution is 0.328. The van der Waals surface area contributed by atoms with Gasteiger partial charge in [0.2, 0.25) is 0 Å². The summed E-state index contributed by atoms with van der Waals surface area (Å²) in [4.78, 5) is 4.24. The van der Waals surface area contributed by atoms with E-state index in [-0.39, 0.29) is 29.9 Å². The summed E-state index contributed by atoms with van der Waals surface area (Å²) >= 11 is 3.38. The van der Waals surface area contributed by atoms with Crippen molar-refractivity contribution in [2.45, 2.75) is 0 Å². The Kier molecular flexibility index (Phi) is 9.43. The predicted octanol–water partition coefficient (Wildman–Crippen LogP) is 3.89. The maximum atomic E-state index is 5.90. The summed E-state index contributed by atoms with van der Waals surface area (Å²) in [5.74, 6) is 2.42. The summed E-state index contributed by atoms with van der Waals surface area (Å²) in [5.41, 5.74) is 6.59. The van der Waals surface area contributed by atoms with Crippen LogP contribution in [0.5, 0.6) is 17.2 Å². The highest BCUT2D eigenvalue weighted by Crippen LogP contribution is 2.28. The van der Waals surface area contributed by atoms with Gasteiger partial charge in [0.05, 0.1) is 26.5 Å². The van der Waals surface area contributed by atoms with E-state index in [9.17, 15) is 0 Å². The Morgan fingerprint density at radius 2 is 1.76 bits per heavy atom. The molecular weight excluding hydrogens is 501 g/mol. The van der Waals surface area contributed by atoms with Gasteiger partial charge in [0.15, 0.2) is 5.96 Å². The van der Waals surface area contributed by atoms with Crippen LogP contribution in [0.2, 0.25) is 0 Å². The normalized spacial score (nSPS) is 10.6. The standard InChI is InChI=1S/C17H20BrN3O3.HI/c1-22-14-7-8-16(23-2)15(11-14)21-17(19)20-9-10-24-13-5-3-12(18)4-6-13;/h3-8,11H,9-10H2,1-2H3,(H3,19,20,21);1H. The molecule has 2 aromatic carbocycles. The number of nitrogens with two attached hydrogens (primary N) is 1. The first kappa shape index (κ1) is 21.4. The molecule has 0 unspecified atom stereocenters. The van der Waals surface area contributed by atoms with Crippen LogP contribution >= 0.6 is 39.9 Å². The third kappa shape index (κ3) is 6.99. The summed E-state index contributed by atoms with van der Waals surface area (Å²) in [6, 6.07) is 13.0. The van der Waals surface area contributed by atoms with Gasteiger partial charge in [0, 0.05) is 10.5 Å². The first-order valence-corrected chi connectivity index (χ1v) is 8.09. The van der Waals surface area contributed by atoms with E-state index < -0.39 is 0 Å². The van der Waals surface area contributed by atoms with Gasteiger partial charge in [0.1, 0.15) is 23.9 Å². The van der Waals surface area contributed by atoms with Crippen molar-refractivity contribution >= 4 is 51.6 Å². The maximum absolute atomic E-state index is 5.90. The summed E-state index contributed by atoms with van der Waals surface area (Å²) in [5, 5.41) is 3.00. The molecule has 0 spiro atoms. The van der Waals surface area contributed by atoms with Crippen molar-refractivity contribution in [1.82, 2.24) is 0 Å². The lowest BCUT2D eigenvalue weighted by Crippen LogP contribution is -2.24. The Hall–Kier alpha value is -1.68. The molecule has 0 heterocycles. The van der Waals surface area contributed by atoms with Gasteiger partial charge < -0.3 is 25.3 Å².